The van der Waals surface area contributed by atoms with Crippen LogP contribution in [0.3, 0.4) is 0 Å². The number of methoxy groups -OCH3 is 1. The number of furan rings is 1. The summed E-state index contributed by atoms with van der Waals surface area (Å²) in [5, 5.41) is 10.6. The number of hydrogen-bond acceptors (Lipinski definition) is 6. The maximum Gasteiger partial charge on any atom is 0.216 e. The number of guanidine groups is 1. The lowest BCUT2D eigenvalue weighted by atomic mass is 10.1. The van der Waals surface area contributed by atoms with Gasteiger partial charge in [0.15, 0.2) is 11.7 Å². The van der Waals surface area contributed by atoms with Crippen LogP contribution >= 0.6 is 24.0 Å². The van der Waals surface area contributed by atoms with Gasteiger partial charge in [0.1, 0.15) is 5.82 Å². The Bertz CT molecular complexity index is 729. The van der Waals surface area contributed by atoms with Crippen LogP contribution in [-0.4, -0.2) is 78.6 Å². The summed E-state index contributed by atoms with van der Waals surface area (Å²) in [5.41, 5.74) is 0. The minimum Gasteiger partial charge on any atom is -0.461 e. The predicted molar refractivity (Wildman–Crippen MR) is 126 cm³/mol. The van der Waals surface area contributed by atoms with Crippen LogP contribution in [-0.2, 0) is 15.9 Å². The molecule has 1 aliphatic heterocycles. The van der Waals surface area contributed by atoms with E-state index in [1.54, 1.807) is 13.4 Å². The van der Waals surface area contributed by atoms with Gasteiger partial charge in [0.05, 0.1) is 12.4 Å². The molecule has 1 fully saturated rings. The number of ether oxygens (including phenoxy) is 2. The summed E-state index contributed by atoms with van der Waals surface area (Å²) in [5.74, 6) is 3.00. The number of aliphatic imine (C=N–C) groups is 1. The van der Waals surface area contributed by atoms with Crippen molar-refractivity contribution in [1.29, 1.82) is 0 Å². The second-order valence-electron chi connectivity index (χ2n) is 6.97. The topological polar surface area (TPSA) is 101 Å². The highest BCUT2D eigenvalue weighted by Crippen LogP contribution is 2.15. The quantitative estimate of drug-likeness (QED) is 0.210. The lowest BCUT2D eigenvalue weighted by molar-refractivity contribution is 0.00991. The van der Waals surface area contributed by atoms with Crippen LogP contribution < -0.4 is 5.32 Å². The molecule has 0 bridgehead atoms. The van der Waals surface area contributed by atoms with Gasteiger partial charge in [-0.3, -0.25) is 10.1 Å². The zero-order chi connectivity index (χ0) is 20.3. The first kappa shape index (κ1) is 24.6. The lowest BCUT2D eigenvalue weighted by Gasteiger charge is -2.34. The van der Waals surface area contributed by atoms with Gasteiger partial charge in [0, 0.05) is 52.9 Å². The van der Waals surface area contributed by atoms with E-state index in [1.807, 2.05) is 12.1 Å². The molecule has 0 aliphatic carbocycles. The summed E-state index contributed by atoms with van der Waals surface area (Å²) < 4.78 is 16.3. The standard InChI is InChI=1S/C20H32N6O3.HI/c1-3-21-20(26-11-8-16(9-12-26)28-15-5-13-27-2)22-10-7-18-23-19(25-24-18)17-6-4-14-29-17;/h4,6,14,16H,3,5,7-13,15H2,1-2H3,(H,21,22)(H,23,24,25);1H. The molecule has 2 aromatic heterocycles. The van der Waals surface area contributed by atoms with Gasteiger partial charge < -0.3 is 24.1 Å². The van der Waals surface area contributed by atoms with Crippen LogP contribution in [0.15, 0.2) is 27.8 Å². The summed E-state index contributed by atoms with van der Waals surface area (Å²) in [6, 6.07) is 3.67. The molecule has 0 unspecified atom stereocenters. The molecule has 1 aliphatic rings. The van der Waals surface area contributed by atoms with E-state index in [2.05, 4.69) is 32.3 Å². The predicted octanol–water partition coefficient (Wildman–Crippen LogP) is 2.71. The zero-order valence-electron chi connectivity index (χ0n) is 17.8. The van der Waals surface area contributed by atoms with Crippen molar-refractivity contribution in [3.63, 3.8) is 0 Å². The molecule has 3 heterocycles. The minimum absolute atomic E-state index is 0. The molecule has 30 heavy (non-hydrogen) atoms. The molecular formula is C20H33IN6O3. The largest absolute Gasteiger partial charge is 0.461 e. The van der Waals surface area contributed by atoms with Gasteiger partial charge in [-0.05, 0) is 38.3 Å². The van der Waals surface area contributed by atoms with Crippen LogP contribution in [0.2, 0.25) is 0 Å². The van der Waals surface area contributed by atoms with Gasteiger partial charge in [0.2, 0.25) is 5.82 Å². The number of hydrogen-bond donors (Lipinski definition) is 2. The van der Waals surface area contributed by atoms with E-state index in [1.165, 1.54) is 0 Å². The number of aromatic nitrogens is 3. The second kappa shape index (κ2) is 13.6. The Labute approximate surface area is 195 Å². The SMILES string of the molecule is CCNC(=NCCc1nc(-c2ccco2)n[nH]1)N1CCC(OCCCOC)CC1.I. The fourth-order valence-corrected chi connectivity index (χ4v) is 3.30. The van der Waals surface area contributed by atoms with Crippen molar-refractivity contribution in [1.82, 2.24) is 25.4 Å². The highest BCUT2D eigenvalue weighted by molar-refractivity contribution is 14.0. The number of aromatic amines is 1. The van der Waals surface area contributed by atoms with Crippen LogP contribution in [0.25, 0.3) is 11.6 Å². The number of halogens is 1. The Balaban J connectivity index is 0.00000320. The number of likely N-dealkylation sites (tertiary alicyclic amines) is 1. The van der Waals surface area contributed by atoms with E-state index < -0.39 is 0 Å². The third kappa shape index (κ3) is 7.55. The first-order valence-corrected chi connectivity index (χ1v) is 10.4. The van der Waals surface area contributed by atoms with Gasteiger partial charge in [-0.15, -0.1) is 24.0 Å². The fourth-order valence-electron chi connectivity index (χ4n) is 3.30. The second-order valence-corrected chi connectivity index (χ2v) is 6.97. The summed E-state index contributed by atoms with van der Waals surface area (Å²) in [6.07, 6.45) is 5.64. The highest BCUT2D eigenvalue weighted by Gasteiger charge is 2.21. The molecule has 1 saturated heterocycles. The Hall–Kier alpha value is -1.66. The number of nitrogens with one attached hydrogen (secondary N) is 2. The lowest BCUT2D eigenvalue weighted by Crippen LogP contribution is -2.47. The van der Waals surface area contributed by atoms with Crippen molar-refractivity contribution in [2.75, 3.05) is 46.5 Å². The number of piperidine rings is 1. The molecule has 3 rings (SSSR count). The summed E-state index contributed by atoms with van der Waals surface area (Å²) in [7, 11) is 1.72. The maximum atomic E-state index is 5.95. The Morgan fingerprint density at radius 3 is 2.90 bits per heavy atom. The highest BCUT2D eigenvalue weighted by atomic mass is 127. The van der Waals surface area contributed by atoms with E-state index in [0.717, 1.165) is 63.9 Å². The molecule has 0 saturated carbocycles. The van der Waals surface area contributed by atoms with Crippen molar-refractivity contribution >= 4 is 29.9 Å². The first-order chi connectivity index (χ1) is 14.3. The van der Waals surface area contributed by atoms with E-state index in [4.69, 9.17) is 18.9 Å². The number of rotatable bonds is 10. The van der Waals surface area contributed by atoms with Gasteiger partial charge in [-0.25, -0.2) is 4.98 Å². The Morgan fingerprint density at radius 2 is 2.20 bits per heavy atom. The first-order valence-electron chi connectivity index (χ1n) is 10.4. The fraction of sp³-hybridized carbons (Fsp3) is 0.650. The molecule has 168 valence electrons. The summed E-state index contributed by atoms with van der Waals surface area (Å²) >= 11 is 0. The number of nitrogens with zero attached hydrogens (tertiary/aromatic N) is 4. The van der Waals surface area contributed by atoms with Crippen LogP contribution in [0.1, 0.15) is 32.0 Å². The van der Waals surface area contributed by atoms with Crippen LogP contribution in [0, 0.1) is 0 Å². The molecule has 10 heteroatoms. The minimum atomic E-state index is 0. The van der Waals surface area contributed by atoms with Crippen molar-refractivity contribution in [3.05, 3.63) is 24.2 Å². The molecule has 0 aromatic carbocycles. The number of H-pyrrole nitrogens is 1. The van der Waals surface area contributed by atoms with E-state index in [0.29, 0.717) is 30.7 Å². The third-order valence-corrected chi connectivity index (χ3v) is 4.81. The molecule has 2 N–H and O–H groups in total. The van der Waals surface area contributed by atoms with Gasteiger partial charge in [-0.2, -0.15) is 5.10 Å². The average Bonchev–Trinajstić information content (AvgIpc) is 3.43. The molecule has 0 radical (unpaired) electrons. The smallest absolute Gasteiger partial charge is 0.216 e. The van der Waals surface area contributed by atoms with E-state index in [9.17, 15) is 0 Å². The molecule has 0 atom stereocenters. The van der Waals surface area contributed by atoms with E-state index >= 15 is 0 Å². The normalized spacial score (nSPS) is 15.3. The average molecular weight is 532 g/mol. The van der Waals surface area contributed by atoms with Crippen LogP contribution in [0.5, 0.6) is 0 Å². The molecule has 2 aromatic rings. The van der Waals surface area contributed by atoms with Gasteiger partial charge in [0.25, 0.3) is 0 Å². The monoisotopic (exact) mass is 532 g/mol. The third-order valence-electron chi connectivity index (χ3n) is 4.81. The molecule has 0 spiro atoms. The molecule has 0 amide bonds. The molecule has 9 nitrogen and oxygen atoms in total. The summed E-state index contributed by atoms with van der Waals surface area (Å²) in [4.78, 5) is 11.6. The van der Waals surface area contributed by atoms with Crippen molar-refractivity contribution in [2.45, 2.75) is 38.7 Å². The zero-order valence-corrected chi connectivity index (χ0v) is 20.1. The van der Waals surface area contributed by atoms with Gasteiger partial charge >= 0.3 is 0 Å². The van der Waals surface area contributed by atoms with Crippen LogP contribution in [0.4, 0.5) is 0 Å². The molecular weight excluding hydrogens is 499 g/mol. The van der Waals surface area contributed by atoms with Crippen molar-refractivity contribution in [3.8, 4) is 11.6 Å². The summed E-state index contributed by atoms with van der Waals surface area (Å²) in [6.45, 7) is 7.00. The van der Waals surface area contributed by atoms with Gasteiger partial charge in [-0.1, -0.05) is 0 Å². The maximum absolute atomic E-state index is 5.95. The van der Waals surface area contributed by atoms with E-state index in [-0.39, 0.29) is 24.0 Å². The van der Waals surface area contributed by atoms with Crippen molar-refractivity contribution < 1.29 is 13.9 Å². The Morgan fingerprint density at radius 1 is 1.37 bits per heavy atom. The Kier molecular flexibility index (Phi) is 11.2. The van der Waals surface area contributed by atoms with Crippen molar-refractivity contribution in [2.24, 2.45) is 4.99 Å².